The molecule has 29 heavy (non-hydrogen) atoms. The molecule has 7 heteroatoms. The zero-order valence-electron chi connectivity index (χ0n) is 15.6. The van der Waals surface area contributed by atoms with Crippen LogP contribution < -0.4 is 0 Å². The number of aromatic nitrogens is 2. The summed E-state index contributed by atoms with van der Waals surface area (Å²) in [5.41, 5.74) is 1.45. The molecule has 4 heterocycles. The highest BCUT2D eigenvalue weighted by molar-refractivity contribution is 5.96. The number of hydrogen-bond donors (Lipinski definition) is 0. The largest absolute Gasteiger partial charge is 0.337 e. The number of likely N-dealkylation sites (tertiary alicyclic amines) is 1. The summed E-state index contributed by atoms with van der Waals surface area (Å²) in [6.45, 7) is 1.15. The Morgan fingerprint density at radius 1 is 1.03 bits per heavy atom. The first-order valence-corrected chi connectivity index (χ1v) is 9.55. The Kier molecular flexibility index (Phi) is 4.16. The van der Waals surface area contributed by atoms with Crippen LogP contribution in [0.4, 0.5) is 4.39 Å². The molecular weight excluding hydrogens is 371 g/mol. The Bertz CT molecular complexity index is 1080. The topological polar surface area (TPSA) is 58.4 Å². The predicted molar refractivity (Wildman–Crippen MR) is 104 cm³/mol. The van der Waals surface area contributed by atoms with Crippen molar-refractivity contribution in [3.05, 3.63) is 89.8 Å². The van der Waals surface area contributed by atoms with Gasteiger partial charge in [-0.2, -0.15) is 0 Å². The molecule has 0 saturated carbocycles. The second-order valence-electron chi connectivity index (χ2n) is 7.38. The quantitative estimate of drug-likeness (QED) is 0.691. The van der Waals surface area contributed by atoms with Crippen LogP contribution in [0.25, 0.3) is 0 Å². The Morgan fingerprint density at radius 3 is 2.62 bits per heavy atom. The van der Waals surface area contributed by atoms with E-state index in [9.17, 15) is 14.0 Å². The van der Waals surface area contributed by atoms with Crippen LogP contribution in [-0.4, -0.2) is 50.3 Å². The monoisotopic (exact) mass is 390 g/mol. The number of carbonyl (C=O) groups is 2. The Balaban J connectivity index is 1.48. The first-order chi connectivity index (χ1) is 14.1. The number of hydrogen-bond acceptors (Lipinski definition) is 3. The minimum Gasteiger partial charge on any atom is -0.337 e. The molecule has 0 N–H and O–H groups in total. The summed E-state index contributed by atoms with van der Waals surface area (Å²) < 4.78 is 16.1. The van der Waals surface area contributed by atoms with Gasteiger partial charge in [-0.15, -0.1) is 0 Å². The van der Waals surface area contributed by atoms with E-state index in [-0.39, 0.29) is 29.5 Å². The van der Waals surface area contributed by atoms with Gasteiger partial charge in [-0.1, -0.05) is 18.2 Å². The van der Waals surface area contributed by atoms with E-state index in [2.05, 4.69) is 4.98 Å². The molecular formula is C22H19FN4O2. The average Bonchev–Trinajstić information content (AvgIpc) is 3.39. The van der Waals surface area contributed by atoms with Crippen LogP contribution >= 0.6 is 0 Å². The van der Waals surface area contributed by atoms with E-state index in [1.165, 1.54) is 12.1 Å². The van der Waals surface area contributed by atoms with Gasteiger partial charge < -0.3 is 14.4 Å². The van der Waals surface area contributed by atoms with Gasteiger partial charge in [0.2, 0.25) is 0 Å². The average molecular weight is 390 g/mol. The lowest BCUT2D eigenvalue weighted by atomic mass is 10.1. The zero-order valence-corrected chi connectivity index (χ0v) is 15.6. The van der Waals surface area contributed by atoms with Gasteiger partial charge in [0.1, 0.15) is 11.5 Å². The summed E-state index contributed by atoms with van der Waals surface area (Å²) >= 11 is 0. The van der Waals surface area contributed by atoms with Crippen molar-refractivity contribution in [2.45, 2.75) is 18.6 Å². The number of amides is 2. The molecule has 1 saturated heterocycles. The van der Waals surface area contributed by atoms with Crippen molar-refractivity contribution in [2.24, 2.45) is 0 Å². The molecule has 0 spiro atoms. The molecule has 5 rings (SSSR count). The van der Waals surface area contributed by atoms with E-state index in [0.717, 1.165) is 5.69 Å². The third-order valence-corrected chi connectivity index (χ3v) is 5.73. The van der Waals surface area contributed by atoms with Gasteiger partial charge in [0.05, 0.1) is 29.9 Å². The normalized spacial score (nSPS) is 20.5. The highest BCUT2D eigenvalue weighted by Crippen LogP contribution is 2.35. The molecule has 146 valence electrons. The second-order valence-corrected chi connectivity index (χ2v) is 7.38. The zero-order chi connectivity index (χ0) is 20.0. The van der Waals surface area contributed by atoms with Crippen molar-refractivity contribution in [1.29, 1.82) is 0 Å². The van der Waals surface area contributed by atoms with Crippen LogP contribution in [0.3, 0.4) is 0 Å². The lowest BCUT2D eigenvalue weighted by Crippen LogP contribution is -2.50. The van der Waals surface area contributed by atoms with Gasteiger partial charge in [0.25, 0.3) is 11.8 Å². The molecule has 2 atom stereocenters. The number of nitrogens with zero attached hydrogens (tertiary/aromatic N) is 4. The second kappa shape index (κ2) is 6.84. The van der Waals surface area contributed by atoms with Crippen molar-refractivity contribution in [1.82, 2.24) is 19.4 Å². The smallest absolute Gasteiger partial charge is 0.271 e. The van der Waals surface area contributed by atoms with Crippen LogP contribution in [-0.2, 0) is 6.54 Å². The predicted octanol–water partition coefficient (Wildman–Crippen LogP) is 2.74. The van der Waals surface area contributed by atoms with E-state index < -0.39 is 5.82 Å². The number of rotatable bonds is 3. The molecule has 0 aliphatic carbocycles. The Hall–Kier alpha value is -3.48. The number of carbonyl (C=O) groups excluding carboxylic acids is 2. The third-order valence-electron chi connectivity index (χ3n) is 5.73. The molecule has 2 amide bonds. The van der Waals surface area contributed by atoms with Crippen molar-refractivity contribution < 1.29 is 14.0 Å². The van der Waals surface area contributed by atoms with E-state index in [1.807, 2.05) is 35.0 Å². The summed E-state index contributed by atoms with van der Waals surface area (Å²) in [7, 11) is 0. The van der Waals surface area contributed by atoms with Gasteiger partial charge in [-0.3, -0.25) is 14.6 Å². The van der Waals surface area contributed by atoms with Crippen LogP contribution in [0, 0.1) is 5.82 Å². The van der Waals surface area contributed by atoms with Crippen molar-refractivity contribution in [2.75, 3.05) is 13.1 Å². The van der Waals surface area contributed by atoms with Gasteiger partial charge >= 0.3 is 0 Å². The molecule has 1 aromatic carbocycles. The van der Waals surface area contributed by atoms with Crippen LogP contribution in [0.2, 0.25) is 0 Å². The van der Waals surface area contributed by atoms with Crippen molar-refractivity contribution in [3.8, 4) is 0 Å². The first-order valence-electron chi connectivity index (χ1n) is 9.55. The number of pyridine rings is 1. The standard InChI is InChI=1S/C22H19FN4O2/c23-17-8-2-1-7-16(17)21(28)25-13-19-20(14-25)27(12-15-6-3-4-10-24-15)22(29)18-9-5-11-26(18)19/h1-11,19-20H,12-14H2/t19-,20-/m0/s1. The van der Waals surface area contributed by atoms with E-state index in [1.54, 1.807) is 34.2 Å². The molecule has 3 aromatic rings. The molecule has 0 radical (unpaired) electrons. The van der Waals surface area contributed by atoms with Crippen LogP contribution in [0.5, 0.6) is 0 Å². The highest BCUT2D eigenvalue weighted by Gasteiger charge is 2.46. The molecule has 2 aromatic heterocycles. The minimum atomic E-state index is -0.532. The fraction of sp³-hybridized carbons (Fsp3) is 0.227. The summed E-state index contributed by atoms with van der Waals surface area (Å²) in [6.07, 6.45) is 3.58. The number of fused-ring (bicyclic) bond motifs is 3. The lowest BCUT2D eigenvalue weighted by molar-refractivity contribution is 0.0547. The first kappa shape index (κ1) is 17.6. The summed E-state index contributed by atoms with van der Waals surface area (Å²) in [4.78, 5) is 33.9. The van der Waals surface area contributed by atoms with E-state index >= 15 is 0 Å². The van der Waals surface area contributed by atoms with Gasteiger partial charge in [0, 0.05) is 25.5 Å². The van der Waals surface area contributed by atoms with Crippen LogP contribution in [0.1, 0.15) is 32.6 Å². The minimum absolute atomic E-state index is 0.0569. The molecule has 0 bridgehead atoms. The maximum absolute atomic E-state index is 14.2. The van der Waals surface area contributed by atoms with Crippen molar-refractivity contribution in [3.63, 3.8) is 0 Å². The van der Waals surface area contributed by atoms with Gasteiger partial charge in [-0.25, -0.2) is 4.39 Å². The summed E-state index contributed by atoms with van der Waals surface area (Å²) in [6, 6.07) is 15.0. The number of halogens is 1. The summed E-state index contributed by atoms with van der Waals surface area (Å²) in [5.74, 6) is -0.964. The SMILES string of the molecule is O=C(c1ccccc1F)N1C[C@H]2[C@H](C1)n1cccc1C(=O)N2Cc1ccccn1. The fourth-order valence-corrected chi connectivity index (χ4v) is 4.34. The molecule has 0 unspecified atom stereocenters. The highest BCUT2D eigenvalue weighted by atomic mass is 19.1. The maximum atomic E-state index is 14.2. The third kappa shape index (κ3) is 2.90. The molecule has 2 aliphatic rings. The molecule has 2 aliphatic heterocycles. The Labute approximate surface area is 167 Å². The maximum Gasteiger partial charge on any atom is 0.271 e. The molecule has 6 nitrogen and oxygen atoms in total. The van der Waals surface area contributed by atoms with Crippen LogP contribution in [0.15, 0.2) is 67.0 Å². The van der Waals surface area contributed by atoms with E-state index in [0.29, 0.717) is 25.3 Å². The van der Waals surface area contributed by atoms with Crippen molar-refractivity contribution >= 4 is 11.8 Å². The van der Waals surface area contributed by atoms with Gasteiger partial charge in [0.15, 0.2) is 0 Å². The van der Waals surface area contributed by atoms with Gasteiger partial charge in [-0.05, 0) is 36.4 Å². The Morgan fingerprint density at radius 2 is 1.83 bits per heavy atom. The fourth-order valence-electron chi connectivity index (χ4n) is 4.34. The molecule has 1 fully saturated rings. The number of benzene rings is 1. The lowest BCUT2D eigenvalue weighted by Gasteiger charge is -2.37. The van der Waals surface area contributed by atoms with E-state index in [4.69, 9.17) is 0 Å². The summed E-state index contributed by atoms with van der Waals surface area (Å²) in [5, 5.41) is 0.